The molecule has 0 amide bonds. The monoisotopic (exact) mass is 537 g/mol. The molecule has 0 saturated carbocycles. The highest BCUT2D eigenvalue weighted by Gasteiger charge is 2.18. The summed E-state index contributed by atoms with van der Waals surface area (Å²) >= 11 is 6.87. The number of para-hydroxylation sites is 1. The van der Waals surface area contributed by atoms with Crippen LogP contribution in [0.3, 0.4) is 0 Å². The van der Waals surface area contributed by atoms with Crippen molar-refractivity contribution in [3.05, 3.63) is 118 Å². The van der Waals surface area contributed by atoms with E-state index >= 15 is 0 Å². The lowest BCUT2D eigenvalue weighted by Gasteiger charge is -2.09. The third-order valence-corrected chi connectivity index (χ3v) is 7.34. The quantitative estimate of drug-likeness (QED) is 0.165. The van der Waals surface area contributed by atoms with Crippen molar-refractivity contribution in [2.45, 2.75) is 11.8 Å². The number of aromatic nitrogens is 3. The Balaban J connectivity index is 1.35. The fraction of sp³-hybridized carbons (Fsp3) is 0.0333. The molecule has 1 N–H and O–H groups in total. The van der Waals surface area contributed by atoms with E-state index in [2.05, 4.69) is 45.1 Å². The lowest BCUT2D eigenvalue weighted by molar-refractivity contribution is -0.131. The molecule has 186 valence electrons. The molecule has 0 aliphatic carbocycles. The van der Waals surface area contributed by atoms with Crippen LogP contribution >= 0.6 is 23.4 Å². The van der Waals surface area contributed by atoms with Gasteiger partial charge >= 0.3 is 5.97 Å². The molecule has 0 fully saturated rings. The predicted octanol–water partition coefficient (Wildman–Crippen LogP) is 7.76. The van der Waals surface area contributed by atoms with Gasteiger partial charge in [-0.3, -0.25) is 0 Å². The number of hydrogen-bond acceptors (Lipinski definition) is 5. The number of carboxylic acid groups (broad SMARTS) is 1. The van der Waals surface area contributed by atoms with Crippen LogP contribution in [0.2, 0.25) is 5.02 Å². The van der Waals surface area contributed by atoms with Crippen molar-refractivity contribution in [2.75, 3.05) is 0 Å². The van der Waals surface area contributed by atoms with Crippen LogP contribution in [-0.4, -0.2) is 25.8 Å². The molecule has 0 radical (unpaired) electrons. The molecule has 6 aromatic rings. The number of thioether (sulfide) groups is 1. The predicted molar refractivity (Wildman–Crippen MR) is 151 cm³/mol. The first kappa shape index (κ1) is 24.0. The van der Waals surface area contributed by atoms with Crippen molar-refractivity contribution in [3.8, 4) is 11.5 Å². The number of carboxylic acids is 1. The Labute approximate surface area is 227 Å². The Morgan fingerprint density at radius 3 is 2.47 bits per heavy atom. The first-order valence-electron chi connectivity index (χ1n) is 11.8. The molecule has 0 saturated heterocycles. The standard InChI is InChI=1S/C30H20ClN3O3S/c31-23-14-12-20(13-15-23)28-32-33-30(37-28)38-27(29(35)36)16-22-18-34(26-11-4-3-10-25(22)26)17-21-8-5-7-19-6-1-2-9-24(19)21/h1-16,18H,17H2,(H,35,36)/b27-16-. The first-order chi connectivity index (χ1) is 18.5. The molecule has 0 aliphatic heterocycles. The number of fused-ring (bicyclic) bond motifs is 2. The van der Waals surface area contributed by atoms with Gasteiger partial charge in [0.15, 0.2) is 0 Å². The Morgan fingerprint density at radius 1 is 0.921 bits per heavy atom. The van der Waals surface area contributed by atoms with Crippen molar-refractivity contribution in [3.63, 3.8) is 0 Å². The molecule has 4 aromatic carbocycles. The van der Waals surface area contributed by atoms with Crippen molar-refractivity contribution in [1.29, 1.82) is 0 Å². The summed E-state index contributed by atoms with van der Waals surface area (Å²) < 4.78 is 7.88. The Morgan fingerprint density at radius 2 is 1.66 bits per heavy atom. The second-order valence-electron chi connectivity index (χ2n) is 8.66. The van der Waals surface area contributed by atoms with Crippen LogP contribution in [0.15, 0.2) is 112 Å². The number of carbonyl (C=O) groups is 1. The summed E-state index contributed by atoms with van der Waals surface area (Å²) in [6, 6.07) is 29.6. The molecule has 6 nitrogen and oxygen atoms in total. The van der Waals surface area contributed by atoms with Gasteiger partial charge in [-0.15, -0.1) is 10.2 Å². The third kappa shape index (κ3) is 4.81. The van der Waals surface area contributed by atoms with Gasteiger partial charge in [-0.1, -0.05) is 72.3 Å². The molecule has 0 bridgehead atoms. The van der Waals surface area contributed by atoms with Gasteiger partial charge in [-0.25, -0.2) is 4.79 Å². The average molecular weight is 538 g/mol. The Hall–Kier alpha value is -4.33. The molecule has 0 unspecified atom stereocenters. The maximum atomic E-state index is 12.2. The third-order valence-electron chi connectivity index (χ3n) is 6.23. The van der Waals surface area contributed by atoms with Gasteiger partial charge in [0.25, 0.3) is 5.22 Å². The Kier molecular flexibility index (Phi) is 6.45. The summed E-state index contributed by atoms with van der Waals surface area (Å²) in [6.45, 7) is 0.652. The largest absolute Gasteiger partial charge is 0.477 e. The molecule has 8 heteroatoms. The average Bonchev–Trinajstić information content (AvgIpc) is 3.54. The minimum Gasteiger partial charge on any atom is -0.477 e. The first-order valence-corrected chi connectivity index (χ1v) is 13.0. The summed E-state index contributed by atoms with van der Waals surface area (Å²) in [4.78, 5) is 12.3. The van der Waals surface area contributed by atoms with E-state index < -0.39 is 5.97 Å². The van der Waals surface area contributed by atoms with E-state index in [-0.39, 0.29) is 10.1 Å². The van der Waals surface area contributed by atoms with E-state index in [9.17, 15) is 9.90 Å². The SMILES string of the molecule is O=C(O)/C(=C/c1cn(Cc2cccc3ccccc23)c2ccccc12)Sc1nnc(-c2ccc(Cl)cc2)o1. The van der Waals surface area contributed by atoms with Crippen LogP contribution < -0.4 is 0 Å². The van der Waals surface area contributed by atoms with Crippen LogP contribution in [0, 0.1) is 0 Å². The minimum atomic E-state index is -1.08. The van der Waals surface area contributed by atoms with Crippen LogP contribution in [0.1, 0.15) is 11.1 Å². The summed E-state index contributed by atoms with van der Waals surface area (Å²) in [5, 5.41) is 22.1. The zero-order chi connectivity index (χ0) is 26.1. The molecule has 6 rings (SSSR count). The number of halogens is 1. The van der Waals surface area contributed by atoms with E-state index in [1.54, 1.807) is 30.3 Å². The molecular weight excluding hydrogens is 518 g/mol. The van der Waals surface area contributed by atoms with Crippen molar-refractivity contribution >= 4 is 57.1 Å². The van der Waals surface area contributed by atoms with Crippen molar-refractivity contribution in [2.24, 2.45) is 0 Å². The highest BCUT2D eigenvalue weighted by Crippen LogP contribution is 2.33. The van der Waals surface area contributed by atoms with Gasteiger partial charge in [-0.05, 0) is 64.5 Å². The second-order valence-corrected chi connectivity index (χ2v) is 10.1. The zero-order valence-corrected chi connectivity index (χ0v) is 21.5. The number of benzene rings is 4. The van der Waals surface area contributed by atoms with Crippen LogP contribution in [0.5, 0.6) is 0 Å². The smallest absolute Gasteiger partial charge is 0.342 e. The molecule has 2 aromatic heterocycles. The molecular formula is C30H20ClN3O3S. The summed E-state index contributed by atoms with van der Waals surface area (Å²) in [5.41, 5.74) is 3.70. The normalized spacial score (nSPS) is 11.9. The number of rotatable bonds is 7. The molecule has 0 aliphatic rings. The maximum Gasteiger partial charge on any atom is 0.342 e. The van der Waals surface area contributed by atoms with Crippen LogP contribution in [0.4, 0.5) is 0 Å². The fourth-order valence-corrected chi connectivity index (χ4v) is 5.25. The molecule has 0 spiro atoms. The summed E-state index contributed by atoms with van der Waals surface area (Å²) in [5.74, 6) is -0.785. The Bertz CT molecular complexity index is 1820. The molecule has 38 heavy (non-hydrogen) atoms. The summed E-state index contributed by atoms with van der Waals surface area (Å²) in [6.07, 6.45) is 3.64. The van der Waals surface area contributed by atoms with Crippen molar-refractivity contribution in [1.82, 2.24) is 14.8 Å². The molecule has 2 heterocycles. The molecule has 0 atom stereocenters. The van der Waals surface area contributed by atoms with Gasteiger partial charge in [-0.2, -0.15) is 0 Å². The van der Waals surface area contributed by atoms with E-state index in [1.807, 2.05) is 42.6 Å². The zero-order valence-electron chi connectivity index (χ0n) is 19.9. The van der Waals surface area contributed by atoms with E-state index in [0.29, 0.717) is 23.0 Å². The number of nitrogens with zero attached hydrogens (tertiary/aromatic N) is 3. The van der Waals surface area contributed by atoms with Crippen LogP contribution in [-0.2, 0) is 11.3 Å². The number of hydrogen-bond donors (Lipinski definition) is 1. The lowest BCUT2D eigenvalue weighted by atomic mass is 10.0. The fourth-order valence-electron chi connectivity index (χ4n) is 4.47. The number of aliphatic carboxylic acids is 1. The van der Waals surface area contributed by atoms with E-state index in [1.165, 1.54) is 16.3 Å². The van der Waals surface area contributed by atoms with Crippen molar-refractivity contribution < 1.29 is 14.3 Å². The van der Waals surface area contributed by atoms with Gasteiger partial charge in [0.1, 0.15) is 4.91 Å². The van der Waals surface area contributed by atoms with Gasteiger partial charge in [0.2, 0.25) is 5.89 Å². The summed E-state index contributed by atoms with van der Waals surface area (Å²) in [7, 11) is 0. The van der Waals surface area contributed by atoms with E-state index in [0.717, 1.165) is 28.2 Å². The highest BCUT2D eigenvalue weighted by atomic mass is 35.5. The minimum absolute atomic E-state index is 0.0735. The van der Waals surface area contributed by atoms with E-state index in [4.69, 9.17) is 16.0 Å². The maximum absolute atomic E-state index is 12.2. The highest BCUT2D eigenvalue weighted by molar-refractivity contribution is 8.03. The van der Waals surface area contributed by atoms with Crippen LogP contribution in [0.25, 0.3) is 39.2 Å². The second kappa shape index (κ2) is 10.2. The van der Waals surface area contributed by atoms with Gasteiger partial charge in [0.05, 0.1) is 0 Å². The van der Waals surface area contributed by atoms with Gasteiger partial charge < -0.3 is 14.1 Å². The van der Waals surface area contributed by atoms with Gasteiger partial charge in [0, 0.05) is 39.8 Å². The lowest BCUT2D eigenvalue weighted by Crippen LogP contribution is -1.99. The topological polar surface area (TPSA) is 81.1 Å².